The Bertz CT molecular complexity index is 1220. The molecule has 0 fully saturated rings. The third-order valence-electron chi connectivity index (χ3n) is 4.02. The predicted molar refractivity (Wildman–Crippen MR) is 120 cm³/mol. The Labute approximate surface area is 188 Å². The molecule has 0 saturated carbocycles. The minimum absolute atomic E-state index is 0.0743. The number of hydrogen-bond acceptors (Lipinski definition) is 5. The fraction of sp³-hybridized carbons (Fsp3) is 0.0952. The van der Waals surface area contributed by atoms with Gasteiger partial charge in [0.25, 0.3) is 10.0 Å². The zero-order valence-corrected chi connectivity index (χ0v) is 18.9. The van der Waals surface area contributed by atoms with E-state index >= 15 is 0 Å². The Morgan fingerprint density at radius 1 is 1.03 bits per heavy atom. The van der Waals surface area contributed by atoms with Gasteiger partial charge in [-0.05, 0) is 60.7 Å². The van der Waals surface area contributed by atoms with Crippen molar-refractivity contribution in [2.75, 3.05) is 17.1 Å². The molecule has 31 heavy (non-hydrogen) atoms. The molecule has 3 aromatic carbocycles. The largest absolute Gasteiger partial charge is 0.495 e. The fourth-order valence-electron chi connectivity index (χ4n) is 2.65. The van der Waals surface area contributed by atoms with Crippen LogP contribution in [0.3, 0.4) is 0 Å². The second-order valence-electron chi connectivity index (χ2n) is 6.35. The average Bonchev–Trinajstić information content (AvgIpc) is 2.71. The van der Waals surface area contributed by atoms with E-state index in [1.165, 1.54) is 62.2 Å². The van der Waals surface area contributed by atoms with Crippen molar-refractivity contribution in [1.29, 1.82) is 0 Å². The molecule has 2 N–H and O–H groups in total. The molecule has 162 valence electrons. The highest BCUT2D eigenvalue weighted by Gasteiger charge is 2.19. The normalized spacial score (nSPS) is 11.1. The number of amides is 1. The second-order valence-corrected chi connectivity index (χ2v) is 9.58. The van der Waals surface area contributed by atoms with Crippen LogP contribution in [-0.4, -0.2) is 21.4 Å². The molecule has 0 heterocycles. The fourth-order valence-corrected chi connectivity index (χ4v) is 4.86. The molecule has 0 aliphatic carbocycles. The first-order chi connectivity index (χ1) is 14.7. The van der Waals surface area contributed by atoms with Crippen molar-refractivity contribution in [3.63, 3.8) is 0 Å². The van der Waals surface area contributed by atoms with Gasteiger partial charge in [-0.2, -0.15) is 0 Å². The molecular formula is C21H18ClFN2O4S2. The topological polar surface area (TPSA) is 84.5 Å². The lowest BCUT2D eigenvalue weighted by molar-refractivity contribution is -0.114. The van der Waals surface area contributed by atoms with E-state index in [-0.39, 0.29) is 28.0 Å². The molecule has 0 aromatic heterocycles. The van der Waals surface area contributed by atoms with Crippen molar-refractivity contribution < 1.29 is 22.3 Å². The van der Waals surface area contributed by atoms with Crippen molar-refractivity contribution in [3.05, 3.63) is 71.5 Å². The van der Waals surface area contributed by atoms with Crippen molar-refractivity contribution in [2.24, 2.45) is 0 Å². The van der Waals surface area contributed by atoms with Crippen LogP contribution in [0.15, 0.2) is 75.4 Å². The summed E-state index contributed by atoms with van der Waals surface area (Å²) in [6.45, 7) is 1.31. The van der Waals surface area contributed by atoms with Crippen LogP contribution in [0.1, 0.15) is 6.92 Å². The maximum atomic E-state index is 13.2. The molecule has 0 saturated heterocycles. The maximum Gasteiger partial charge on any atom is 0.262 e. The lowest BCUT2D eigenvalue weighted by atomic mass is 10.3. The molecule has 0 aliphatic rings. The molecule has 1 amide bonds. The second kappa shape index (κ2) is 9.59. The predicted octanol–water partition coefficient (Wildman–Crippen LogP) is 5.40. The number of carbonyl (C=O) groups is 1. The Kier molecular flexibility index (Phi) is 7.09. The van der Waals surface area contributed by atoms with Gasteiger partial charge in [0.05, 0.1) is 23.4 Å². The average molecular weight is 481 g/mol. The summed E-state index contributed by atoms with van der Waals surface area (Å²) in [5.74, 6) is -0.408. The van der Waals surface area contributed by atoms with Crippen LogP contribution in [0.4, 0.5) is 15.8 Å². The monoisotopic (exact) mass is 480 g/mol. The highest BCUT2D eigenvalue weighted by atomic mass is 35.5. The highest BCUT2D eigenvalue weighted by Crippen LogP contribution is 2.37. The molecule has 0 aliphatic heterocycles. The quantitative estimate of drug-likeness (QED) is 0.473. The number of benzene rings is 3. The van der Waals surface area contributed by atoms with Gasteiger partial charge in [-0.15, -0.1) is 0 Å². The molecule has 0 spiro atoms. The van der Waals surface area contributed by atoms with E-state index in [1.54, 1.807) is 24.3 Å². The van der Waals surface area contributed by atoms with E-state index in [0.717, 1.165) is 4.90 Å². The molecule has 3 aromatic rings. The van der Waals surface area contributed by atoms with Gasteiger partial charge in [-0.25, -0.2) is 12.8 Å². The Morgan fingerprint density at radius 3 is 2.39 bits per heavy atom. The van der Waals surface area contributed by atoms with E-state index in [0.29, 0.717) is 15.7 Å². The van der Waals surface area contributed by atoms with Crippen LogP contribution >= 0.6 is 23.4 Å². The maximum absolute atomic E-state index is 13.2. The minimum atomic E-state index is -4.02. The first kappa shape index (κ1) is 22.9. The summed E-state index contributed by atoms with van der Waals surface area (Å²) in [5, 5.41) is 2.89. The van der Waals surface area contributed by atoms with Crippen LogP contribution in [0, 0.1) is 5.82 Å². The molecule has 0 unspecified atom stereocenters. The summed E-state index contributed by atoms with van der Waals surface area (Å²) in [5.41, 5.74) is 0.489. The zero-order chi connectivity index (χ0) is 22.6. The number of sulfonamides is 1. The summed E-state index contributed by atoms with van der Waals surface area (Å²) >= 11 is 7.34. The van der Waals surface area contributed by atoms with Gasteiger partial charge >= 0.3 is 0 Å². The zero-order valence-electron chi connectivity index (χ0n) is 16.5. The minimum Gasteiger partial charge on any atom is -0.495 e. The van der Waals surface area contributed by atoms with Crippen LogP contribution in [0.25, 0.3) is 0 Å². The number of rotatable bonds is 7. The van der Waals surface area contributed by atoms with Gasteiger partial charge in [0.2, 0.25) is 5.91 Å². The molecule has 3 rings (SSSR count). The molecule has 0 atom stereocenters. The van der Waals surface area contributed by atoms with E-state index in [2.05, 4.69) is 10.0 Å². The number of methoxy groups -OCH3 is 1. The first-order valence-electron chi connectivity index (χ1n) is 8.89. The van der Waals surface area contributed by atoms with Crippen LogP contribution in [0.5, 0.6) is 5.75 Å². The third kappa shape index (κ3) is 5.90. The molecule has 10 heteroatoms. The summed E-state index contributed by atoms with van der Waals surface area (Å²) < 4.78 is 46.9. The SMILES string of the molecule is COc1ccc(S(=O)(=O)Nc2cc(Cl)ccc2Sc2ccc(F)cc2)cc1NC(C)=O. The van der Waals surface area contributed by atoms with E-state index in [1.807, 2.05) is 0 Å². The third-order valence-corrected chi connectivity index (χ3v) is 6.70. The number of carbonyl (C=O) groups excluding carboxylic acids is 1. The van der Waals surface area contributed by atoms with E-state index in [4.69, 9.17) is 16.3 Å². The standard InChI is InChI=1S/C21H18ClFN2O4S2/c1-13(26)24-18-12-17(8-9-20(18)29-2)31(27,28)25-19-11-14(22)3-10-21(19)30-16-6-4-15(23)5-7-16/h3-12,25H,1-2H3,(H,24,26). The summed E-state index contributed by atoms with van der Waals surface area (Å²) in [7, 11) is -2.61. The summed E-state index contributed by atoms with van der Waals surface area (Å²) in [6, 6.07) is 14.7. The van der Waals surface area contributed by atoms with Gasteiger partial charge in [0, 0.05) is 21.7 Å². The Balaban J connectivity index is 1.95. The Hall–Kier alpha value is -2.75. The number of halogens is 2. The van der Waals surface area contributed by atoms with E-state index < -0.39 is 10.0 Å². The van der Waals surface area contributed by atoms with Crippen molar-refractivity contribution in [1.82, 2.24) is 0 Å². The van der Waals surface area contributed by atoms with Gasteiger partial charge in [-0.3, -0.25) is 9.52 Å². The summed E-state index contributed by atoms with van der Waals surface area (Å²) in [6.07, 6.45) is 0. The van der Waals surface area contributed by atoms with Gasteiger partial charge < -0.3 is 10.1 Å². The molecule has 0 radical (unpaired) electrons. The first-order valence-corrected chi connectivity index (χ1v) is 11.6. The lowest BCUT2D eigenvalue weighted by Crippen LogP contribution is -2.15. The van der Waals surface area contributed by atoms with E-state index in [9.17, 15) is 17.6 Å². The van der Waals surface area contributed by atoms with Crippen LogP contribution in [0.2, 0.25) is 5.02 Å². The molecular weight excluding hydrogens is 463 g/mol. The number of anilines is 2. The number of ether oxygens (including phenoxy) is 1. The number of hydrogen-bond donors (Lipinski definition) is 2. The summed E-state index contributed by atoms with van der Waals surface area (Å²) in [4.78, 5) is 12.7. The van der Waals surface area contributed by atoms with Gasteiger partial charge in [0.1, 0.15) is 11.6 Å². The highest BCUT2D eigenvalue weighted by molar-refractivity contribution is 7.99. The Morgan fingerprint density at radius 2 is 1.74 bits per heavy atom. The molecule has 6 nitrogen and oxygen atoms in total. The van der Waals surface area contributed by atoms with Crippen molar-refractivity contribution in [3.8, 4) is 5.75 Å². The van der Waals surface area contributed by atoms with Crippen LogP contribution < -0.4 is 14.8 Å². The van der Waals surface area contributed by atoms with Crippen molar-refractivity contribution >= 4 is 50.7 Å². The lowest BCUT2D eigenvalue weighted by Gasteiger charge is -2.15. The van der Waals surface area contributed by atoms with Gasteiger partial charge in [0.15, 0.2) is 0 Å². The van der Waals surface area contributed by atoms with Gasteiger partial charge in [-0.1, -0.05) is 23.4 Å². The smallest absolute Gasteiger partial charge is 0.262 e. The van der Waals surface area contributed by atoms with Crippen molar-refractivity contribution in [2.45, 2.75) is 21.6 Å². The molecule has 0 bridgehead atoms. The number of nitrogens with one attached hydrogen (secondary N) is 2. The van der Waals surface area contributed by atoms with Crippen LogP contribution in [-0.2, 0) is 14.8 Å².